The van der Waals surface area contributed by atoms with Gasteiger partial charge in [0.2, 0.25) is 5.91 Å². The lowest BCUT2D eigenvalue weighted by atomic mass is 10.0. The third kappa shape index (κ3) is 5.71. The zero-order valence-corrected chi connectivity index (χ0v) is 15.7. The van der Waals surface area contributed by atoms with E-state index in [0.29, 0.717) is 17.8 Å². The number of nitrogens with zero attached hydrogens (tertiary/aromatic N) is 1. The fourth-order valence-electron chi connectivity index (χ4n) is 2.68. The van der Waals surface area contributed by atoms with E-state index >= 15 is 0 Å². The highest BCUT2D eigenvalue weighted by atomic mass is 32.1. The number of hydrogen-bond donors (Lipinski definition) is 1. The molecule has 1 N–H and O–H groups in total. The average Bonchev–Trinajstić information content (AvgIpc) is 3.17. The van der Waals surface area contributed by atoms with Gasteiger partial charge in [0.1, 0.15) is 6.04 Å². The lowest BCUT2D eigenvalue weighted by Crippen LogP contribution is -2.49. The zero-order chi connectivity index (χ0) is 18.1. The highest BCUT2D eigenvalue weighted by Gasteiger charge is 2.26. The van der Waals surface area contributed by atoms with Crippen LogP contribution in [-0.4, -0.2) is 35.8 Å². The summed E-state index contributed by atoms with van der Waals surface area (Å²) in [5, 5.41) is 4.80. The Kier molecular flexibility index (Phi) is 7.67. The summed E-state index contributed by atoms with van der Waals surface area (Å²) in [6.45, 7) is 5.47. The van der Waals surface area contributed by atoms with Crippen LogP contribution in [0.1, 0.15) is 41.9 Å². The summed E-state index contributed by atoms with van der Waals surface area (Å²) in [6.07, 6.45) is 2.50. The maximum Gasteiger partial charge on any atom is 0.262 e. The molecule has 1 unspecified atom stereocenters. The van der Waals surface area contributed by atoms with Crippen molar-refractivity contribution in [2.45, 2.75) is 39.2 Å². The number of amides is 2. The third-order valence-electron chi connectivity index (χ3n) is 4.11. The van der Waals surface area contributed by atoms with Crippen molar-refractivity contribution in [2.75, 3.05) is 13.1 Å². The van der Waals surface area contributed by atoms with Gasteiger partial charge >= 0.3 is 0 Å². The summed E-state index contributed by atoms with van der Waals surface area (Å²) in [4.78, 5) is 27.9. The Morgan fingerprint density at radius 1 is 1.12 bits per heavy atom. The van der Waals surface area contributed by atoms with E-state index in [-0.39, 0.29) is 11.8 Å². The van der Waals surface area contributed by atoms with E-state index in [0.717, 1.165) is 24.9 Å². The second-order valence-electron chi connectivity index (χ2n) is 5.96. The van der Waals surface area contributed by atoms with Gasteiger partial charge in [0.05, 0.1) is 4.88 Å². The van der Waals surface area contributed by atoms with Crippen LogP contribution in [0.4, 0.5) is 0 Å². The van der Waals surface area contributed by atoms with Gasteiger partial charge in [0, 0.05) is 19.5 Å². The molecule has 1 heterocycles. The van der Waals surface area contributed by atoms with Crippen LogP contribution in [0.15, 0.2) is 47.8 Å². The Bertz CT molecular complexity index is 656. The van der Waals surface area contributed by atoms with Gasteiger partial charge in [0.15, 0.2) is 0 Å². The zero-order valence-electron chi connectivity index (χ0n) is 14.9. The van der Waals surface area contributed by atoms with Crippen LogP contribution in [-0.2, 0) is 11.2 Å². The van der Waals surface area contributed by atoms with E-state index in [1.54, 1.807) is 6.07 Å². The molecule has 0 aliphatic rings. The van der Waals surface area contributed by atoms with Crippen molar-refractivity contribution >= 4 is 23.2 Å². The van der Waals surface area contributed by atoms with Crippen LogP contribution in [0.5, 0.6) is 0 Å². The standard InChI is InChI=1S/C20H26N2O2S/c1-3-5-13-22(4-2)20(24)17(15-16-10-7-6-8-11-16)21-19(23)18-12-9-14-25-18/h6-12,14,17H,3-5,13,15H2,1-2H3,(H,21,23). The summed E-state index contributed by atoms with van der Waals surface area (Å²) in [7, 11) is 0. The molecule has 0 aliphatic carbocycles. The van der Waals surface area contributed by atoms with E-state index in [1.807, 2.05) is 53.6 Å². The van der Waals surface area contributed by atoms with Gasteiger partial charge in [-0.25, -0.2) is 0 Å². The van der Waals surface area contributed by atoms with E-state index in [2.05, 4.69) is 12.2 Å². The number of carbonyl (C=O) groups is 2. The van der Waals surface area contributed by atoms with Crippen LogP contribution in [0.25, 0.3) is 0 Å². The number of hydrogen-bond acceptors (Lipinski definition) is 3. The van der Waals surface area contributed by atoms with Gasteiger partial charge in [0.25, 0.3) is 5.91 Å². The highest BCUT2D eigenvalue weighted by molar-refractivity contribution is 7.12. The number of benzene rings is 1. The van der Waals surface area contributed by atoms with E-state index in [1.165, 1.54) is 11.3 Å². The number of unbranched alkanes of at least 4 members (excludes halogenated alkanes) is 1. The van der Waals surface area contributed by atoms with Gasteiger partial charge in [-0.1, -0.05) is 49.7 Å². The second kappa shape index (κ2) is 9.99. The number of thiophene rings is 1. The van der Waals surface area contributed by atoms with Crippen molar-refractivity contribution in [3.05, 3.63) is 58.3 Å². The Balaban J connectivity index is 2.15. The number of likely N-dealkylation sites (N-methyl/N-ethyl adjacent to an activating group) is 1. The lowest BCUT2D eigenvalue weighted by molar-refractivity contribution is -0.133. The van der Waals surface area contributed by atoms with Crippen molar-refractivity contribution in [3.63, 3.8) is 0 Å². The predicted molar refractivity (Wildman–Crippen MR) is 103 cm³/mol. The average molecular weight is 359 g/mol. The molecule has 4 nitrogen and oxygen atoms in total. The molecule has 1 aromatic carbocycles. The summed E-state index contributed by atoms with van der Waals surface area (Å²) < 4.78 is 0. The SMILES string of the molecule is CCCCN(CC)C(=O)C(Cc1ccccc1)NC(=O)c1cccs1. The summed E-state index contributed by atoms with van der Waals surface area (Å²) in [5.41, 5.74) is 1.04. The van der Waals surface area contributed by atoms with Gasteiger partial charge in [-0.2, -0.15) is 0 Å². The number of carbonyl (C=O) groups excluding carboxylic acids is 2. The molecule has 0 spiro atoms. The third-order valence-corrected chi connectivity index (χ3v) is 4.97. The van der Waals surface area contributed by atoms with Gasteiger partial charge in [-0.3, -0.25) is 9.59 Å². The quantitative estimate of drug-likeness (QED) is 0.742. The predicted octanol–water partition coefficient (Wildman–Crippen LogP) is 3.74. The second-order valence-corrected chi connectivity index (χ2v) is 6.91. The Morgan fingerprint density at radius 2 is 1.88 bits per heavy atom. The molecule has 0 saturated heterocycles. The van der Waals surface area contributed by atoms with Crippen LogP contribution in [0.3, 0.4) is 0 Å². The molecule has 2 rings (SSSR count). The van der Waals surface area contributed by atoms with Gasteiger partial charge in [-0.15, -0.1) is 11.3 Å². The molecule has 1 atom stereocenters. The van der Waals surface area contributed by atoms with E-state index in [4.69, 9.17) is 0 Å². The first-order chi connectivity index (χ1) is 12.2. The largest absolute Gasteiger partial charge is 0.341 e. The first-order valence-electron chi connectivity index (χ1n) is 8.82. The smallest absolute Gasteiger partial charge is 0.262 e. The van der Waals surface area contributed by atoms with E-state index in [9.17, 15) is 9.59 Å². The molecule has 0 fully saturated rings. The first-order valence-corrected chi connectivity index (χ1v) is 9.70. The van der Waals surface area contributed by atoms with Crippen LogP contribution in [0, 0.1) is 0 Å². The molecule has 2 amide bonds. The Morgan fingerprint density at radius 3 is 2.48 bits per heavy atom. The van der Waals surface area contributed by atoms with Crippen molar-refractivity contribution in [1.82, 2.24) is 10.2 Å². The molecule has 0 aliphatic heterocycles. The minimum Gasteiger partial charge on any atom is -0.341 e. The summed E-state index contributed by atoms with van der Waals surface area (Å²) in [5.74, 6) is -0.194. The topological polar surface area (TPSA) is 49.4 Å². The molecule has 0 radical (unpaired) electrons. The molecule has 5 heteroatoms. The maximum atomic E-state index is 13.0. The summed E-state index contributed by atoms with van der Waals surface area (Å²) >= 11 is 1.38. The van der Waals surface area contributed by atoms with Crippen molar-refractivity contribution in [1.29, 1.82) is 0 Å². The fraction of sp³-hybridized carbons (Fsp3) is 0.400. The normalized spacial score (nSPS) is 11.8. The molecule has 2 aromatic rings. The molecular weight excluding hydrogens is 332 g/mol. The van der Waals surface area contributed by atoms with E-state index < -0.39 is 6.04 Å². The lowest BCUT2D eigenvalue weighted by Gasteiger charge is -2.27. The Labute approximate surface area is 153 Å². The number of nitrogens with one attached hydrogen (secondary N) is 1. The van der Waals surface area contributed by atoms with Crippen molar-refractivity contribution in [2.24, 2.45) is 0 Å². The van der Waals surface area contributed by atoms with Crippen LogP contribution >= 0.6 is 11.3 Å². The molecule has 0 bridgehead atoms. The molecular formula is C20H26N2O2S. The van der Waals surface area contributed by atoms with Crippen molar-refractivity contribution < 1.29 is 9.59 Å². The molecule has 0 saturated carbocycles. The van der Waals surface area contributed by atoms with Crippen molar-refractivity contribution in [3.8, 4) is 0 Å². The minimum absolute atomic E-state index is 0.00953. The molecule has 134 valence electrons. The Hall–Kier alpha value is -2.14. The minimum atomic E-state index is -0.547. The molecule has 25 heavy (non-hydrogen) atoms. The maximum absolute atomic E-state index is 13.0. The fourth-order valence-corrected chi connectivity index (χ4v) is 3.31. The van der Waals surface area contributed by atoms with Crippen LogP contribution < -0.4 is 5.32 Å². The first kappa shape index (κ1) is 19.2. The van der Waals surface area contributed by atoms with Crippen LogP contribution in [0.2, 0.25) is 0 Å². The van der Waals surface area contributed by atoms with Gasteiger partial charge < -0.3 is 10.2 Å². The monoisotopic (exact) mass is 358 g/mol. The molecule has 1 aromatic heterocycles. The van der Waals surface area contributed by atoms with Gasteiger partial charge in [-0.05, 0) is 30.4 Å². The summed E-state index contributed by atoms with van der Waals surface area (Å²) in [6, 6.07) is 12.9. The highest BCUT2D eigenvalue weighted by Crippen LogP contribution is 2.11. The number of rotatable bonds is 9.